The summed E-state index contributed by atoms with van der Waals surface area (Å²) in [6.07, 6.45) is -0.755. The molecule has 0 N–H and O–H groups in total. The molecular formula is C11H16N2O2. The first-order valence-electron chi connectivity index (χ1n) is 8.44. The maximum atomic E-state index is 12.1. The van der Waals surface area contributed by atoms with E-state index in [0.29, 0.717) is 5.69 Å². The summed E-state index contributed by atoms with van der Waals surface area (Å²) in [4.78, 5) is 15.9. The van der Waals surface area contributed by atoms with E-state index in [1.54, 1.807) is 7.05 Å². The number of imidazole rings is 1. The van der Waals surface area contributed by atoms with Gasteiger partial charge in [0.2, 0.25) is 0 Å². The van der Waals surface area contributed by atoms with Gasteiger partial charge in [0.25, 0.3) is 0 Å². The van der Waals surface area contributed by atoms with E-state index in [1.165, 1.54) is 17.1 Å². The molecule has 0 radical (unpaired) electrons. The SMILES string of the molecule is [2H]C1([2H])OC(=O)[C@@]([2H])(C([2H])([2H])C([2H])([2H])[2H])[C@H]1Cc1cncn1C. The predicted molar refractivity (Wildman–Crippen MR) is 55.1 cm³/mol. The lowest BCUT2D eigenvalue weighted by Gasteiger charge is -2.12. The summed E-state index contributed by atoms with van der Waals surface area (Å²) in [6.45, 7) is -5.96. The molecule has 2 heterocycles. The Hall–Kier alpha value is -1.32. The van der Waals surface area contributed by atoms with E-state index in [2.05, 4.69) is 9.72 Å². The zero-order chi connectivity index (χ0) is 17.8. The molecule has 0 unspecified atom stereocenters. The lowest BCUT2D eigenvalue weighted by molar-refractivity contribution is -0.141. The van der Waals surface area contributed by atoms with Gasteiger partial charge in [0, 0.05) is 33.1 Å². The van der Waals surface area contributed by atoms with Crippen LogP contribution in [0.3, 0.4) is 0 Å². The molecule has 4 nitrogen and oxygen atoms in total. The Balaban J connectivity index is 2.55. The van der Waals surface area contributed by atoms with E-state index >= 15 is 0 Å². The maximum absolute atomic E-state index is 12.1. The number of rotatable bonds is 3. The minimum Gasteiger partial charge on any atom is -0.465 e. The zero-order valence-corrected chi connectivity index (χ0v) is 8.15. The smallest absolute Gasteiger partial charge is 0.309 e. The van der Waals surface area contributed by atoms with E-state index in [4.69, 9.17) is 11.0 Å². The number of hydrogen-bond donors (Lipinski definition) is 0. The van der Waals surface area contributed by atoms with Crippen LogP contribution in [0.15, 0.2) is 12.5 Å². The molecule has 1 saturated heterocycles. The first kappa shape index (κ1) is 4.28. The highest BCUT2D eigenvalue weighted by Crippen LogP contribution is 2.27. The van der Waals surface area contributed by atoms with Crippen molar-refractivity contribution in [2.75, 3.05) is 6.56 Å². The molecule has 0 bridgehead atoms. The van der Waals surface area contributed by atoms with Crippen molar-refractivity contribution in [3.05, 3.63) is 18.2 Å². The van der Waals surface area contributed by atoms with Crippen LogP contribution in [-0.2, 0) is 23.0 Å². The molecule has 0 amide bonds. The van der Waals surface area contributed by atoms with Crippen LogP contribution in [0.25, 0.3) is 0 Å². The Bertz CT molecular complexity index is 626. The molecule has 2 atom stereocenters. The van der Waals surface area contributed by atoms with Crippen molar-refractivity contribution in [3.8, 4) is 0 Å². The minimum absolute atomic E-state index is 0.270. The summed E-state index contributed by atoms with van der Waals surface area (Å²) in [5.74, 6) is -6.07. The van der Waals surface area contributed by atoms with Gasteiger partial charge in [-0.25, -0.2) is 4.98 Å². The number of esters is 1. The normalized spacial score (nSPS) is 43.5. The highest BCUT2D eigenvalue weighted by atomic mass is 16.5. The van der Waals surface area contributed by atoms with E-state index < -0.39 is 37.6 Å². The number of aryl methyl sites for hydroxylation is 1. The molecule has 1 aliphatic heterocycles. The topological polar surface area (TPSA) is 44.1 Å². The van der Waals surface area contributed by atoms with Crippen LogP contribution in [0.2, 0.25) is 0 Å². The maximum Gasteiger partial charge on any atom is 0.309 e. The Morgan fingerprint density at radius 2 is 2.87 bits per heavy atom. The van der Waals surface area contributed by atoms with Crippen molar-refractivity contribution in [1.82, 2.24) is 9.55 Å². The van der Waals surface area contributed by atoms with Crippen LogP contribution in [0, 0.1) is 11.8 Å². The van der Waals surface area contributed by atoms with Gasteiger partial charge < -0.3 is 9.30 Å². The number of cyclic esters (lactones) is 1. The van der Waals surface area contributed by atoms with Crippen LogP contribution < -0.4 is 0 Å². The summed E-state index contributed by atoms with van der Waals surface area (Å²) in [6, 6.07) is 0. The lowest BCUT2D eigenvalue weighted by atomic mass is 9.89. The van der Waals surface area contributed by atoms with Crippen molar-refractivity contribution in [3.63, 3.8) is 0 Å². The fourth-order valence-corrected chi connectivity index (χ4v) is 1.45. The summed E-state index contributed by atoms with van der Waals surface area (Å²) in [5, 5.41) is 0. The average molecular weight is 216 g/mol. The summed E-state index contributed by atoms with van der Waals surface area (Å²) in [5.41, 5.74) is 0.426. The predicted octanol–water partition coefficient (Wildman–Crippen LogP) is 1.16. The van der Waals surface area contributed by atoms with Crippen molar-refractivity contribution < 1.29 is 20.5 Å². The first-order valence-corrected chi connectivity index (χ1v) is 4.44. The molecule has 1 fully saturated rings. The summed E-state index contributed by atoms with van der Waals surface area (Å²) >= 11 is 0. The number of hydrogen-bond acceptors (Lipinski definition) is 3. The average Bonchev–Trinajstić information content (AvgIpc) is 2.84. The van der Waals surface area contributed by atoms with Gasteiger partial charge in [-0.15, -0.1) is 0 Å². The summed E-state index contributed by atoms with van der Waals surface area (Å²) in [7, 11) is 1.61. The molecule has 82 valence electrons. The minimum atomic E-state index is -3.29. The lowest BCUT2D eigenvalue weighted by Crippen LogP contribution is -2.18. The number of ether oxygens (including phenoxy) is 1. The second-order valence-electron chi connectivity index (χ2n) is 3.30. The highest BCUT2D eigenvalue weighted by molar-refractivity contribution is 5.74. The molecule has 1 aromatic rings. The number of carbonyl (C=O) groups excluding carboxylic acids is 1. The third kappa shape index (κ3) is 1.89. The number of carbonyl (C=O) groups is 1. The Labute approximate surface area is 100 Å². The third-order valence-electron chi connectivity index (χ3n) is 2.33. The largest absolute Gasteiger partial charge is 0.465 e. The Morgan fingerprint density at radius 1 is 2.00 bits per heavy atom. The van der Waals surface area contributed by atoms with Crippen LogP contribution >= 0.6 is 0 Å². The van der Waals surface area contributed by atoms with Crippen LogP contribution in [-0.4, -0.2) is 22.1 Å². The highest BCUT2D eigenvalue weighted by Gasteiger charge is 2.35. The van der Waals surface area contributed by atoms with E-state index in [0.717, 1.165) is 0 Å². The van der Waals surface area contributed by atoms with Crippen molar-refractivity contribution in [1.29, 1.82) is 0 Å². The van der Waals surface area contributed by atoms with Gasteiger partial charge in [-0.1, -0.05) is 6.85 Å². The van der Waals surface area contributed by atoms with Crippen LogP contribution in [0.1, 0.15) is 29.9 Å². The second kappa shape index (κ2) is 4.04. The third-order valence-corrected chi connectivity index (χ3v) is 2.33. The van der Waals surface area contributed by atoms with Gasteiger partial charge in [-0.05, 0) is 12.8 Å². The quantitative estimate of drug-likeness (QED) is 0.712. The van der Waals surface area contributed by atoms with Gasteiger partial charge >= 0.3 is 5.97 Å². The van der Waals surface area contributed by atoms with E-state index in [1.807, 2.05) is 0 Å². The monoisotopic (exact) mass is 216 g/mol. The molecule has 1 aromatic heterocycles. The molecule has 0 aliphatic carbocycles. The molecule has 2 rings (SSSR count). The standard InChI is InChI=1S/C11H16N2O2/c1-3-10-8(6-15-11(10)14)4-9-5-12-7-13(9)2/h5,7-8,10H,3-4,6H2,1-2H3/t8-,10-/m0/s1/i1D3,3D2,6D2,10D. The van der Waals surface area contributed by atoms with Gasteiger partial charge in [0.1, 0.15) is 0 Å². The van der Waals surface area contributed by atoms with E-state index in [9.17, 15) is 4.79 Å². The van der Waals surface area contributed by atoms with Crippen molar-refractivity contribution in [2.24, 2.45) is 18.9 Å². The Kier molecular flexibility index (Phi) is 1.15. The van der Waals surface area contributed by atoms with Crippen LogP contribution in [0.5, 0.6) is 0 Å². The summed E-state index contributed by atoms with van der Waals surface area (Å²) < 4.78 is 67.5. The zero-order valence-electron chi connectivity index (χ0n) is 16.2. The molecule has 0 saturated carbocycles. The number of nitrogens with zero attached hydrogens (tertiary/aromatic N) is 2. The van der Waals surface area contributed by atoms with Crippen molar-refractivity contribution >= 4 is 5.97 Å². The fraction of sp³-hybridized carbons (Fsp3) is 0.636. The van der Waals surface area contributed by atoms with Gasteiger partial charge in [0.05, 0.1) is 21.5 Å². The van der Waals surface area contributed by atoms with E-state index in [-0.39, 0.29) is 6.42 Å². The molecule has 4 heteroatoms. The first-order chi connectivity index (χ1) is 10.2. The van der Waals surface area contributed by atoms with Gasteiger partial charge in [-0.3, -0.25) is 4.79 Å². The van der Waals surface area contributed by atoms with Crippen LogP contribution in [0.4, 0.5) is 0 Å². The molecule has 15 heavy (non-hydrogen) atoms. The fourth-order valence-electron chi connectivity index (χ4n) is 1.45. The van der Waals surface area contributed by atoms with Gasteiger partial charge in [0.15, 0.2) is 0 Å². The molecular weight excluding hydrogens is 192 g/mol. The number of aromatic nitrogens is 2. The Morgan fingerprint density at radius 3 is 3.53 bits per heavy atom. The van der Waals surface area contributed by atoms with Gasteiger partial charge in [-0.2, -0.15) is 0 Å². The molecule has 0 spiro atoms. The second-order valence-corrected chi connectivity index (χ2v) is 3.30. The van der Waals surface area contributed by atoms with Crippen molar-refractivity contribution in [2.45, 2.75) is 19.6 Å². The molecule has 0 aromatic carbocycles. The molecule has 1 aliphatic rings.